The summed E-state index contributed by atoms with van der Waals surface area (Å²) in [7, 11) is 0. The van der Waals surface area contributed by atoms with Gasteiger partial charge in [-0.05, 0) is 58.6 Å². The number of hydrogen-bond acceptors (Lipinski definition) is 3. The number of para-hydroxylation sites is 1. The summed E-state index contributed by atoms with van der Waals surface area (Å²) in [5, 5.41) is 2.95. The molecule has 2 aromatic rings. The summed E-state index contributed by atoms with van der Waals surface area (Å²) >= 11 is 1.91. The normalized spacial score (nSPS) is 11.6. The van der Waals surface area contributed by atoms with Gasteiger partial charge < -0.3 is 9.73 Å². The molecular formula is C12H9F3INOS. The first-order chi connectivity index (χ1) is 8.94. The fraction of sp³-hybridized carbons (Fsp3) is 0.167. The molecule has 102 valence electrons. The third kappa shape index (κ3) is 4.64. The van der Waals surface area contributed by atoms with Crippen LogP contribution in [0.4, 0.5) is 18.9 Å². The fourth-order valence-electron chi connectivity index (χ4n) is 1.46. The molecular weight excluding hydrogens is 390 g/mol. The van der Waals surface area contributed by atoms with Gasteiger partial charge in [0.05, 0.1) is 6.54 Å². The maximum atomic E-state index is 12.4. The molecule has 1 aromatic heterocycles. The van der Waals surface area contributed by atoms with Gasteiger partial charge in [0.2, 0.25) is 0 Å². The van der Waals surface area contributed by atoms with Crippen molar-refractivity contribution >= 4 is 40.0 Å². The third-order valence-corrected chi connectivity index (χ3v) is 3.58. The molecule has 0 atom stereocenters. The van der Waals surface area contributed by atoms with E-state index in [0.717, 1.165) is 3.77 Å². The molecule has 0 unspecified atom stereocenters. The molecule has 0 aliphatic rings. The fourth-order valence-corrected chi connectivity index (χ4v) is 2.56. The molecule has 7 heteroatoms. The highest BCUT2D eigenvalue weighted by Gasteiger charge is 2.30. The summed E-state index contributed by atoms with van der Waals surface area (Å²) in [5.41, 5.74) is -3.85. The number of benzene rings is 1. The average Bonchev–Trinajstić information content (AvgIpc) is 2.72. The van der Waals surface area contributed by atoms with Crippen molar-refractivity contribution in [3.8, 4) is 0 Å². The molecule has 2 rings (SSSR count). The molecule has 0 aliphatic carbocycles. The highest BCUT2D eigenvalue weighted by atomic mass is 127. The van der Waals surface area contributed by atoms with E-state index >= 15 is 0 Å². The molecule has 0 spiro atoms. The van der Waals surface area contributed by atoms with Crippen molar-refractivity contribution in [1.29, 1.82) is 0 Å². The smallest absolute Gasteiger partial charge is 0.446 e. The zero-order valence-corrected chi connectivity index (χ0v) is 12.5. The molecule has 0 saturated heterocycles. The Morgan fingerprint density at radius 1 is 1.16 bits per heavy atom. The maximum absolute atomic E-state index is 12.4. The first-order valence-electron chi connectivity index (χ1n) is 5.27. The van der Waals surface area contributed by atoms with Crippen LogP contribution in [0, 0.1) is 3.77 Å². The van der Waals surface area contributed by atoms with Crippen molar-refractivity contribution in [2.75, 3.05) is 5.32 Å². The number of furan rings is 1. The second kappa shape index (κ2) is 6.08. The summed E-state index contributed by atoms with van der Waals surface area (Å²) in [6.45, 7) is 0.346. The number of halogens is 4. The average molecular weight is 399 g/mol. The van der Waals surface area contributed by atoms with Crippen molar-refractivity contribution < 1.29 is 17.6 Å². The van der Waals surface area contributed by atoms with E-state index in [1.807, 2.05) is 22.6 Å². The minimum Gasteiger partial charge on any atom is -0.454 e. The lowest BCUT2D eigenvalue weighted by Gasteiger charge is -2.12. The molecule has 0 radical (unpaired) electrons. The zero-order valence-electron chi connectivity index (χ0n) is 9.50. The van der Waals surface area contributed by atoms with Gasteiger partial charge in [-0.3, -0.25) is 0 Å². The number of hydrogen-bond donors (Lipinski definition) is 1. The molecule has 0 amide bonds. The first kappa shape index (κ1) is 14.6. The quantitative estimate of drug-likeness (QED) is 0.572. The Labute approximate surface area is 125 Å². The van der Waals surface area contributed by atoms with Gasteiger partial charge in [-0.25, -0.2) is 0 Å². The van der Waals surface area contributed by atoms with Crippen LogP contribution in [0.5, 0.6) is 0 Å². The Kier molecular flexibility index (Phi) is 4.67. The lowest BCUT2D eigenvalue weighted by Crippen LogP contribution is -2.03. The minimum absolute atomic E-state index is 0.127. The second-order valence-electron chi connectivity index (χ2n) is 3.60. The van der Waals surface area contributed by atoms with E-state index in [9.17, 15) is 13.2 Å². The predicted octanol–water partition coefficient (Wildman–Crippen LogP) is 5.11. The van der Waals surface area contributed by atoms with Crippen LogP contribution in [0.1, 0.15) is 5.76 Å². The molecule has 0 aliphatic heterocycles. The summed E-state index contributed by atoms with van der Waals surface area (Å²) in [5.74, 6) is 0.677. The zero-order chi connectivity index (χ0) is 13.9. The van der Waals surface area contributed by atoms with Crippen molar-refractivity contribution in [2.24, 2.45) is 0 Å². The summed E-state index contributed by atoms with van der Waals surface area (Å²) in [6, 6.07) is 9.90. The topological polar surface area (TPSA) is 25.2 Å². The van der Waals surface area contributed by atoms with Crippen LogP contribution in [-0.4, -0.2) is 5.51 Å². The standard InChI is InChI=1S/C12H9F3INOS/c13-12(14,15)19-10-4-2-1-3-9(10)17-7-8-5-6-11(16)18-8/h1-6,17H,7H2. The molecule has 1 N–H and O–H groups in total. The Morgan fingerprint density at radius 2 is 1.89 bits per heavy atom. The molecule has 0 bridgehead atoms. The Bertz CT molecular complexity index is 556. The van der Waals surface area contributed by atoms with Gasteiger partial charge in [0, 0.05) is 10.6 Å². The summed E-state index contributed by atoms with van der Waals surface area (Å²) in [4.78, 5) is 0.149. The SMILES string of the molecule is FC(F)(F)Sc1ccccc1NCc1ccc(I)o1. The van der Waals surface area contributed by atoms with E-state index in [1.165, 1.54) is 6.07 Å². The Morgan fingerprint density at radius 3 is 2.53 bits per heavy atom. The van der Waals surface area contributed by atoms with Crippen molar-refractivity contribution in [3.63, 3.8) is 0 Å². The van der Waals surface area contributed by atoms with Gasteiger partial charge in [-0.2, -0.15) is 13.2 Å². The number of anilines is 1. The van der Waals surface area contributed by atoms with Crippen molar-refractivity contribution in [1.82, 2.24) is 0 Å². The number of rotatable bonds is 4. The molecule has 19 heavy (non-hydrogen) atoms. The summed E-state index contributed by atoms with van der Waals surface area (Å²) < 4.78 is 43.3. The van der Waals surface area contributed by atoms with Crippen LogP contribution in [0.2, 0.25) is 0 Å². The van der Waals surface area contributed by atoms with Crippen LogP contribution in [0.15, 0.2) is 45.7 Å². The van der Waals surface area contributed by atoms with Crippen LogP contribution >= 0.6 is 34.4 Å². The number of nitrogens with one attached hydrogen (secondary N) is 1. The molecule has 1 aromatic carbocycles. The van der Waals surface area contributed by atoms with E-state index in [2.05, 4.69) is 5.32 Å². The number of thioether (sulfide) groups is 1. The van der Waals surface area contributed by atoms with E-state index in [0.29, 0.717) is 18.0 Å². The van der Waals surface area contributed by atoms with Crippen LogP contribution in [0.25, 0.3) is 0 Å². The number of alkyl halides is 3. The van der Waals surface area contributed by atoms with Crippen LogP contribution in [-0.2, 0) is 6.54 Å². The van der Waals surface area contributed by atoms with E-state index in [-0.39, 0.29) is 16.7 Å². The van der Waals surface area contributed by atoms with Crippen molar-refractivity contribution in [2.45, 2.75) is 16.9 Å². The van der Waals surface area contributed by atoms with Gasteiger partial charge >= 0.3 is 5.51 Å². The highest BCUT2D eigenvalue weighted by molar-refractivity contribution is 14.1. The van der Waals surface area contributed by atoms with E-state index in [4.69, 9.17) is 4.42 Å². The van der Waals surface area contributed by atoms with Crippen LogP contribution < -0.4 is 5.32 Å². The van der Waals surface area contributed by atoms with Gasteiger partial charge in [0.1, 0.15) is 5.76 Å². The van der Waals surface area contributed by atoms with Gasteiger partial charge in [0.15, 0.2) is 3.77 Å². The van der Waals surface area contributed by atoms with Crippen molar-refractivity contribution in [3.05, 3.63) is 45.9 Å². The molecule has 1 heterocycles. The van der Waals surface area contributed by atoms with Gasteiger partial charge in [-0.15, -0.1) is 0 Å². The summed E-state index contributed by atoms with van der Waals surface area (Å²) in [6.07, 6.45) is 0. The predicted molar refractivity (Wildman–Crippen MR) is 77.1 cm³/mol. The maximum Gasteiger partial charge on any atom is 0.446 e. The lowest BCUT2D eigenvalue weighted by molar-refractivity contribution is -0.0327. The van der Waals surface area contributed by atoms with Gasteiger partial charge in [0.25, 0.3) is 0 Å². The minimum atomic E-state index is -4.29. The van der Waals surface area contributed by atoms with Gasteiger partial charge in [-0.1, -0.05) is 12.1 Å². The van der Waals surface area contributed by atoms with E-state index < -0.39 is 5.51 Å². The molecule has 0 fully saturated rings. The highest BCUT2D eigenvalue weighted by Crippen LogP contribution is 2.40. The lowest BCUT2D eigenvalue weighted by atomic mass is 10.3. The Hall–Kier alpha value is -0.830. The first-order valence-corrected chi connectivity index (χ1v) is 7.16. The van der Waals surface area contributed by atoms with Crippen LogP contribution in [0.3, 0.4) is 0 Å². The third-order valence-electron chi connectivity index (χ3n) is 2.19. The second-order valence-corrected chi connectivity index (χ2v) is 5.77. The molecule has 2 nitrogen and oxygen atoms in total. The van der Waals surface area contributed by atoms with E-state index in [1.54, 1.807) is 30.3 Å². The molecule has 0 saturated carbocycles. The largest absolute Gasteiger partial charge is 0.454 e. The monoisotopic (exact) mass is 399 g/mol. The Balaban J connectivity index is 2.07.